The number of nitrogens with two attached hydrogens (primary N) is 1. The highest BCUT2D eigenvalue weighted by Crippen LogP contribution is 2.21. The van der Waals surface area contributed by atoms with Gasteiger partial charge in [-0.1, -0.05) is 0 Å². The first kappa shape index (κ1) is 11.7. The second-order valence-electron chi connectivity index (χ2n) is 5.40. The number of rotatable bonds is 1. The maximum absolute atomic E-state index is 12.3. The van der Waals surface area contributed by atoms with Crippen LogP contribution in [-0.2, 0) is 19.9 Å². The Labute approximate surface area is 107 Å². The van der Waals surface area contributed by atoms with E-state index < -0.39 is 0 Å². The summed E-state index contributed by atoms with van der Waals surface area (Å²) in [4.78, 5) is 19.1. The van der Waals surface area contributed by atoms with Crippen molar-refractivity contribution >= 4 is 5.95 Å². The summed E-state index contributed by atoms with van der Waals surface area (Å²) in [5.41, 5.74) is 8.06. The van der Waals surface area contributed by atoms with E-state index in [0.717, 1.165) is 62.4 Å². The van der Waals surface area contributed by atoms with Gasteiger partial charge in [-0.05, 0) is 32.1 Å². The van der Waals surface area contributed by atoms with Crippen LogP contribution in [0.4, 0.5) is 5.95 Å². The molecule has 0 saturated carbocycles. The van der Waals surface area contributed by atoms with Crippen LogP contribution in [0.5, 0.6) is 0 Å². The number of aryl methyl sites for hydroxylation is 1. The summed E-state index contributed by atoms with van der Waals surface area (Å²) in [6, 6.07) is 0.198. The molecule has 0 amide bonds. The molecule has 1 saturated heterocycles. The van der Waals surface area contributed by atoms with Crippen molar-refractivity contribution in [2.45, 2.75) is 38.1 Å². The summed E-state index contributed by atoms with van der Waals surface area (Å²) in [6.45, 7) is 1.76. The Morgan fingerprint density at radius 3 is 2.94 bits per heavy atom. The first-order chi connectivity index (χ1) is 8.66. The Balaban J connectivity index is 2.02. The highest BCUT2D eigenvalue weighted by Gasteiger charge is 2.24. The van der Waals surface area contributed by atoms with E-state index in [1.165, 1.54) is 0 Å². The van der Waals surface area contributed by atoms with Crippen molar-refractivity contribution in [1.29, 1.82) is 0 Å². The highest BCUT2D eigenvalue weighted by atomic mass is 16.1. The van der Waals surface area contributed by atoms with Gasteiger partial charge in [0.25, 0.3) is 5.56 Å². The van der Waals surface area contributed by atoms with E-state index in [0.29, 0.717) is 0 Å². The van der Waals surface area contributed by atoms with Crippen LogP contribution in [0.1, 0.15) is 30.5 Å². The molecule has 0 spiro atoms. The molecular weight excluding hydrogens is 228 g/mol. The van der Waals surface area contributed by atoms with Crippen LogP contribution in [-0.4, -0.2) is 28.7 Å². The van der Waals surface area contributed by atoms with Crippen molar-refractivity contribution in [3.05, 3.63) is 21.6 Å². The Morgan fingerprint density at radius 1 is 1.33 bits per heavy atom. The van der Waals surface area contributed by atoms with Crippen molar-refractivity contribution in [2.75, 3.05) is 18.0 Å². The predicted octanol–water partition coefficient (Wildman–Crippen LogP) is 0.197. The molecule has 1 atom stereocenters. The number of nitrogens with zero attached hydrogens (tertiary/aromatic N) is 3. The Morgan fingerprint density at radius 2 is 2.17 bits per heavy atom. The van der Waals surface area contributed by atoms with E-state index in [-0.39, 0.29) is 11.6 Å². The van der Waals surface area contributed by atoms with Crippen molar-refractivity contribution in [3.63, 3.8) is 0 Å². The minimum Gasteiger partial charge on any atom is -0.341 e. The number of hydrogen-bond donors (Lipinski definition) is 1. The molecule has 98 valence electrons. The Kier molecular flexibility index (Phi) is 2.86. The van der Waals surface area contributed by atoms with E-state index >= 15 is 0 Å². The number of hydrogen-bond acceptors (Lipinski definition) is 4. The summed E-state index contributed by atoms with van der Waals surface area (Å²) in [5.74, 6) is 0.802. The molecule has 1 aliphatic carbocycles. The summed E-state index contributed by atoms with van der Waals surface area (Å²) >= 11 is 0. The smallest absolute Gasteiger partial charge is 0.258 e. The third kappa shape index (κ3) is 1.82. The first-order valence-electron chi connectivity index (χ1n) is 6.76. The molecule has 1 aromatic rings. The van der Waals surface area contributed by atoms with Gasteiger partial charge in [-0.3, -0.25) is 9.36 Å². The third-order valence-corrected chi connectivity index (χ3v) is 4.03. The molecule has 1 fully saturated rings. The fourth-order valence-electron chi connectivity index (χ4n) is 3.04. The van der Waals surface area contributed by atoms with Crippen LogP contribution in [0.15, 0.2) is 4.79 Å². The maximum atomic E-state index is 12.3. The van der Waals surface area contributed by atoms with Crippen LogP contribution < -0.4 is 16.2 Å². The van der Waals surface area contributed by atoms with Gasteiger partial charge >= 0.3 is 0 Å². The van der Waals surface area contributed by atoms with E-state index in [1.807, 2.05) is 7.05 Å². The summed E-state index contributed by atoms with van der Waals surface area (Å²) in [7, 11) is 1.82. The van der Waals surface area contributed by atoms with Crippen LogP contribution in [0.3, 0.4) is 0 Å². The second kappa shape index (κ2) is 4.39. The molecule has 5 heteroatoms. The van der Waals surface area contributed by atoms with Gasteiger partial charge in [-0.2, -0.15) is 0 Å². The van der Waals surface area contributed by atoms with Gasteiger partial charge in [-0.15, -0.1) is 0 Å². The molecule has 1 aromatic heterocycles. The number of aromatic nitrogens is 2. The second-order valence-corrected chi connectivity index (χ2v) is 5.40. The molecule has 5 nitrogen and oxygen atoms in total. The van der Waals surface area contributed by atoms with Gasteiger partial charge in [-0.25, -0.2) is 4.98 Å². The average molecular weight is 248 g/mol. The van der Waals surface area contributed by atoms with Crippen LogP contribution in [0.25, 0.3) is 0 Å². The molecule has 2 aliphatic rings. The molecule has 3 rings (SSSR count). The first-order valence-corrected chi connectivity index (χ1v) is 6.76. The average Bonchev–Trinajstić information content (AvgIpc) is 2.82. The fourth-order valence-corrected chi connectivity index (χ4v) is 3.04. The van der Waals surface area contributed by atoms with E-state index in [4.69, 9.17) is 10.7 Å². The van der Waals surface area contributed by atoms with Gasteiger partial charge in [0.1, 0.15) is 0 Å². The van der Waals surface area contributed by atoms with Gasteiger partial charge in [0.05, 0.1) is 5.69 Å². The third-order valence-electron chi connectivity index (χ3n) is 4.03. The minimum absolute atomic E-state index is 0.131. The van der Waals surface area contributed by atoms with E-state index in [9.17, 15) is 4.79 Å². The zero-order valence-electron chi connectivity index (χ0n) is 10.9. The topological polar surface area (TPSA) is 64.2 Å². The monoisotopic (exact) mass is 248 g/mol. The zero-order chi connectivity index (χ0) is 12.7. The number of anilines is 1. The summed E-state index contributed by atoms with van der Waals surface area (Å²) in [5, 5.41) is 0. The van der Waals surface area contributed by atoms with Crippen LogP contribution in [0.2, 0.25) is 0 Å². The molecule has 0 unspecified atom stereocenters. The fraction of sp³-hybridized carbons (Fsp3) is 0.692. The molecule has 1 aliphatic heterocycles. The van der Waals surface area contributed by atoms with E-state index in [2.05, 4.69) is 4.90 Å². The lowest BCUT2D eigenvalue weighted by atomic mass is 10.1. The van der Waals surface area contributed by atoms with Crippen molar-refractivity contribution in [2.24, 2.45) is 12.8 Å². The largest absolute Gasteiger partial charge is 0.341 e. The predicted molar refractivity (Wildman–Crippen MR) is 70.9 cm³/mol. The molecule has 0 aromatic carbocycles. The van der Waals surface area contributed by atoms with Crippen molar-refractivity contribution < 1.29 is 0 Å². The molecule has 2 heterocycles. The lowest BCUT2D eigenvalue weighted by Gasteiger charge is -2.32. The molecule has 2 N–H and O–H groups in total. The lowest BCUT2D eigenvalue weighted by molar-refractivity contribution is 0.492. The molecular formula is C13H20N4O. The Bertz CT molecular complexity index is 522. The van der Waals surface area contributed by atoms with Gasteiger partial charge in [0, 0.05) is 31.7 Å². The van der Waals surface area contributed by atoms with E-state index in [1.54, 1.807) is 4.57 Å². The normalized spacial score (nSPS) is 23.2. The van der Waals surface area contributed by atoms with Crippen LogP contribution in [0, 0.1) is 0 Å². The standard InChI is InChI=1S/C13H20N4O/c1-16-12(18)10-5-2-6-11(10)15-13(16)17-7-3-4-9(14)8-17/h9H,2-8,14H2,1H3/t9-/m0/s1. The zero-order valence-corrected chi connectivity index (χ0v) is 10.9. The minimum atomic E-state index is 0.131. The summed E-state index contributed by atoms with van der Waals surface area (Å²) in [6.07, 6.45) is 5.02. The molecule has 0 radical (unpaired) electrons. The lowest BCUT2D eigenvalue weighted by Crippen LogP contribution is -2.45. The Hall–Kier alpha value is -1.36. The number of fused-ring (bicyclic) bond motifs is 1. The van der Waals surface area contributed by atoms with Gasteiger partial charge in [0.15, 0.2) is 0 Å². The maximum Gasteiger partial charge on any atom is 0.258 e. The van der Waals surface area contributed by atoms with Crippen molar-refractivity contribution in [3.8, 4) is 0 Å². The highest BCUT2D eigenvalue weighted by molar-refractivity contribution is 5.37. The van der Waals surface area contributed by atoms with Crippen LogP contribution >= 0.6 is 0 Å². The van der Waals surface area contributed by atoms with Crippen molar-refractivity contribution in [1.82, 2.24) is 9.55 Å². The molecule has 18 heavy (non-hydrogen) atoms. The summed E-state index contributed by atoms with van der Waals surface area (Å²) < 4.78 is 1.70. The number of piperidine rings is 1. The quantitative estimate of drug-likeness (QED) is 0.771. The van der Waals surface area contributed by atoms with Gasteiger partial charge < -0.3 is 10.6 Å². The van der Waals surface area contributed by atoms with Gasteiger partial charge in [0.2, 0.25) is 5.95 Å². The SMILES string of the molecule is Cn1c(N2CCC[C@H](N)C2)nc2c(c1=O)CCC2. The molecule has 0 bridgehead atoms.